The Balaban J connectivity index is 2.66. The van der Waals surface area contributed by atoms with Crippen LogP contribution in [0, 0.1) is 0 Å². The summed E-state index contributed by atoms with van der Waals surface area (Å²) in [4.78, 5) is 0. The molecule has 0 saturated heterocycles. The first-order chi connectivity index (χ1) is 9.63. The summed E-state index contributed by atoms with van der Waals surface area (Å²) in [5.41, 5.74) is 0.848. The van der Waals surface area contributed by atoms with Crippen LogP contribution in [0.25, 0.3) is 0 Å². The van der Waals surface area contributed by atoms with Gasteiger partial charge in [0.05, 0.1) is 18.4 Å². The van der Waals surface area contributed by atoms with E-state index in [4.69, 9.17) is 0 Å². The molecule has 0 aliphatic rings. The summed E-state index contributed by atoms with van der Waals surface area (Å²) < 4.78 is 1.46. The monoisotopic (exact) mass is 285 g/mol. The van der Waals surface area contributed by atoms with Gasteiger partial charge in [0.2, 0.25) is 0 Å². The summed E-state index contributed by atoms with van der Waals surface area (Å²) in [6.07, 6.45) is 5.12. The van der Waals surface area contributed by atoms with Gasteiger partial charge in [-0.2, -0.15) is 0 Å². The van der Waals surface area contributed by atoms with E-state index in [1.165, 1.54) is 4.68 Å². The normalized spacial score (nSPS) is 16.1. The third-order valence-corrected chi connectivity index (χ3v) is 3.51. The van der Waals surface area contributed by atoms with Gasteiger partial charge in [-0.25, -0.2) is 4.68 Å². The number of unbranched alkanes of at least 4 members (excludes halogenated alkanes) is 2. The Labute approximate surface area is 120 Å². The lowest BCUT2D eigenvalue weighted by Gasteiger charge is -2.25. The zero-order chi connectivity index (χ0) is 15.0. The van der Waals surface area contributed by atoms with Crippen LogP contribution >= 0.6 is 0 Å². The van der Waals surface area contributed by atoms with Crippen LogP contribution in [0.15, 0.2) is 6.20 Å². The number of aliphatic hydroxyl groups is 3. The van der Waals surface area contributed by atoms with E-state index in [2.05, 4.69) is 17.2 Å². The van der Waals surface area contributed by atoms with Crippen molar-refractivity contribution >= 4 is 0 Å². The zero-order valence-electron chi connectivity index (χ0n) is 12.4. The van der Waals surface area contributed by atoms with Crippen molar-refractivity contribution < 1.29 is 15.3 Å². The predicted molar refractivity (Wildman–Crippen MR) is 76.3 cm³/mol. The molecule has 0 spiro atoms. The van der Waals surface area contributed by atoms with E-state index in [1.54, 1.807) is 6.20 Å². The fraction of sp³-hybridized carbons (Fsp3) is 0.857. The van der Waals surface area contributed by atoms with Crippen LogP contribution in [0.4, 0.5) is 0 Å². The van der Waals surface area contributed by atoms with Gasteiger partial charge in [-0.15, -0.1) is 5.10 Å². The van der Waals surface area contributed by atoms with E-state index in [0.29, 0.717) is 6.42 Å². The Morgan fingerprint density at radius 3 is 2.50 bits per heavy atom. The number of rotatable bonds is 10. The van der Waals surface area contributed by atoms with Crippen LogP contribution in [0.3, 0.4) is 0 Å². The Kier molecular flexibility index (Phi) is 7.72. The lowest BCUT2D eigenvalue weighted by Crippen LogP contribution is -2.37. The molecule has 20 heavy (non-hydrogen) atoms. The van der Waals surface area contributed by atoms with E-state index in [1.807, 2.05) is 6.92 Å². The molecule has 3 atom stereocenters. The number of hydrogen-bond donors (Lipinski definition) is 3. The van der Waals surface area contributed by atoms with Gasteiger partial charge in [-0.1, -0.05) is 38.3 Å². The highest BCUT2D eigenvalue weighted by atomic mass is 16.3. The van der Waals surface area contributed by atoms with Gasteiger partial charge in [0.15, 0.2) is 0 Å². The number of hydrogen-bond acceptors (Lipinski definition) is 5. The maximum atomic E-state index is 10.1. The first-order valence-electron chi connectivity index (χ1n) is 7.51. The molecule has 6 nitrogen and oxygen atoms in total. The minimum absolute atomic E-state index is 0.277. The fourth-order valence-corrected chi connectivity index (χ4v) is 2.14. The molecule has 1 aromatic rings. The van der Waals surface area contributed by atoms with E-state index in [9.17, 15) is 15.3 Å². The lowest BCUT2D eigenvalue weighted by molar-refractivity contribution is -0.0349. The molecule has 1 heterocycles. The number of aryl methyl sites for hydroxylation is 1. The van der Waals surface area contributed by atoms with Crippen molar-refractivity contribution in [1.29, 1.82) is 0 Å². The maximum Gasteiger partial charge on any atom is 0.105 e. The molecule has 116 valence electrons. The molecule has 0 saturated carbocycles. The van der Waals surface area contributed by atoms with Crippen LogP contribution in [0.5, 0.6) is 0 Å². The molecule has 1 rings (SSSR count). The average Bonchev–Trinajstić information content (AvgIpc) is 2.91. The van der Waals surface area contributed by atoms with Crippen molar-refractivity contribution in [2.24, 2.45) is 0 Å². The molecule has 3 N–H and O–H groups in total. The smallest absolute Gasteiger partial charge is 0.105 e. The summed E-state index contributed by atoms with van der Waals surface area (Å²) in [6, 6.07) is -0.648. The second-order valence-corrected chi connectivity index (χ2v) is 5.24. The fourth-order valence-electron chi connectivity index (χ4n) is 2.14. The molecule has 0 fully saturated rings. The average molecular weight is 285 g/mol. The minimum Gasteiger partial charge on any atom is -0.394 e. The molecular formula is C14H27N3O3. The Hall–Kier alpha value is -0.980. The minimum atomic E-state index is -1.03. The van der Waals surface area contributed by atoms with Crippen molar-refractivity contribution in [3.05, 3.63) is 11.9 Å². The molecule has 0 radical (unpaired) electrons. The maximum absolute atomic E-state index is 10.1. The third-order valence-electron chi connectivity index (χ3n) is 3.51. The molecule has 0 unspecified atom stereocenters. The highest BCUT2D eigenvalue weighted by Gasteiger charge is 2.27. The number of aliphatic hydroxyl groups excluding tert-OH is 3. The van der Waals surface area contributed by atoms with E-state index in [-0.39, 0.29) is 6.61 Å². The van der Waals surface area contributed by atoms with Crippen LogP contribution in [-0.2, 0) is 6.42 Å². The summed E-state index contributed by atoms with van der Waals surface area (Å²) in [7, 11) is 0. The van der Waals surface area contributed by atoms with Crippen LogP contribution in [0.1, 0.15) is 57.7 Å². The zero-order valence-corrected chi connectivity index (χ0v) is 12.4. The number of nitrogens with zero attached hydrogens (tertiary/aromatic N) is 3. The number of aromatic nitrogens is 3. The van der Waals surface area contributed by atoms with E-state index in [0.717, 1.165) is 37.8 Å². The van der Waals surface area contributed by atoms with Gasteiger partial charge in [0.25, 0.3) is 0 Å². The van der Waals surface area contributed by atoms with Gasteiger partial charge in [-0.3, -0.25) is 0 Å². The van der Waals surface area contributed by atoms with Gasteiger partial charge >= 0.3 is 0 Å². The first kappa shape index (κ1) is 17.1. The van der Waals surface area contributed by atoms with Crippen LogP contribution in [0.2, 0.25) is 0 Å². The van der Waals surface area contributed by atoms with Gasteiger partial charge in [0.1, 0.15) is 12.1 Å². The highest BCUT2D eigenvalue weighted by molar-refractivity contribution is 4.95. The summed E-state index contributed by atoms with van der Waals surface area (Å²) >= 11 is 0. The molecule has 0 aliphatic carbocycles. The summed E-state index contributed by atoms with van der Waals surface area (Å²) in [6.45, 7) is 3.86. The lowest BCUT2D eigenvalue weighted by atomic mass is 10.0. The predicted octanol–water partition coefficient (Wildman–Crippen LogP) is 1.07. The molecule has 0 amide bonds. The first-order valence-corrected chi connectivity index (χ1v) is 7.51. The molecule has 6 heteroatoms. The Morgan fingerprint density at radius 2 is 1.90 bits per heavy atom. The largest absolute Gasteiger partial charge is 0.394 e. The SMILES string of the molecule is CCCCc1cn([C@@H](CO)[C@H](O)[C@H](O)CCCC)nn1. The van der Waals surface area contributed by atoms with Crippen LogP contribution < -0.4 is 0 Å². The molecule has 0 aromatic carbocycles. The topological polar surface area (TPSA) is 91.4 Å². The second-order valence-electron chi connectivity index (χ2n) is 5.24. The van der Waals surface area contributed by atoms with Gasteiger partial charge in [0, 0.05) is 6.20 Å². The van der Waals surface area contributed by atoms with Crippen molar-refractivity contribution in [2.75, 3.05) is 6.61 Å². The van der Waals surface area contributed by atoms with Crippen molar-refractivity contribution in [3.63, 3.8) is 0 Å². The molecule has 1 aromatic heterocycles. The summed E-state index contributed by atoms with van der Waals surface area (Å²) in [5, 5.41) is 37.5. The molecular weight excluding hydrogens is 258 g/mol. The third kappa shape index (κ3) is 4.85. The van der Waals surface area contributed by atoms with E-state index >= 15 is 0 Å². The van der Waals surface area contributed by atoms with Gasteiger partial charge < -0.3 is 15.3 Å². The Morgan fingerprint density at radius 1 is 1.20 bits per heavy atom. The van der Waals surface area contributed by atoms with Crippen molar-refractivity contribution in [3.8, 4) is 0 Å². The molecule has 0 aliphatic heterocycles. The highest BCUT2D eigenvalue weighted by Crippen LogP contribution is 2.17. The summed E-state index contributed by atoms with van der Waals surface area (Å²) in [5.74, 6) is 0. The second kappa shape index (κ2) is 9.05. The van der Waals surface area contributed by atoms with Gasteiger partial charge in [-0.05, 0) is 19.3 Å². The standard InChI is InChI=1S/C14H27N3O3/c1-3-5-7-11-9-17(16-15-11)12(10-18)14(20)13(19)8-6-4-2/h9,12-14,18-20H,3-8,10H2,1-2H3/t12-,13+,14-/m0/s1. The van der Waals surface area contributed by atoms with Crippen molar-refractivity contribution in [1.82, 2.24) is 15.0 Å². The van der Waals surface area contributed by atoms with Crippen LogP contribution in [-0.4, -0.2) is 49.1 Å². The van der Waals surface area contributed by atoms with Crippen molar-refractivity contribution in [2.45, 2.75) is 70.6 Å². The quantitative estimate of drug-likeness (QED) is 0.598. The molecule has 0 bridgehead atoms. The van der Waals surface area contributed by atoms with E-state index < -0.39 is 18.2 Å². The Bertz CT molecular complexity index is 370.